The number of aryl methyl sites for hydroxylation is 2. The lowest BCUT2D eigenvalue weighted by Gasteiger charge is -2.29. The third kappa shape index (κ3) is 4.36. The first-order valence-corrected chi connectivity index (χ1v) is 11.2. The standard InChI is InChI=1S/C16H26N2O4S2/c1-13-5-6-14(2)16(11-13)24(21,22)18(9-8-17(3)4)15-7-10-23(19,20)12-15/h5-6,11,15H,7-10,12H2,1-4H3/t15-/m1/s1. The lowest BCUT2D eigenvalue weighted by atomic mass is 10.2. The van der Waals surface area contributed by atoms with Crippen LogP contribution in [0.5, 0.6) is 0 Å². The molecule has 0 aromatic heterocycles. The zero-order chi connectivity index (χ0) is 18.1. The molecule has 136 valence electrons. The summed E-state index contributed by atoms with van der Waals surface area (Å²) in [5.74, 6) is -0.0387. The molecule has 1 aliphatic heterocycles. The number of rotatable bonds is 6. The lowest BCUT2D eigenvalue weighted by Crippen LogP contribution is -2.44. The van der Waals surface area contributed by atoms with Gasteiger partial charge in [0.05, 0.1) is 16.4 Å². The molecule has 0 amide bonds. The van der Waals surface area contributed by atoms with E-state index in [1.807, 2.05) is 32.0 Å². The van der Waals surface area contributed by atoms with Crippen LogP contribution in [0.1, 0.15) is 17.5 Å². The molecule has 0 unspecified atom stereocenters. The van der Waals surface area contributed by atoms with Gasteiger partial charge in [-0.1, -0.05) is 12.1 Å². The SMILES string of the molecule is Cc1ccc(C)c(S(=O)(=O)N(CCN(C)C)[C@@H]2CCS(=O)(=O)C2)c1. The molecule has 1 atom stereocenters. The second-order valence-electron chi connectivity index (χ2n) is 6.74. The van der Waals surface area contributed by atoms with Crippen molar-refractivity contribution in [3.8, 4) is 0 Å². The van der Waals surface area contributed by atoms with Crippen LogP contribution in [0.4, 0.5) is 0 Å². The second kappa shape index (κ2) is 7.11. The van der Waals surface area contributed by atoms with Gasteiger partial charge in [0.25, 0.3) is 0 Å². The first kappa shape index (κ1) is 19.4. The van der Waals surface area contributed by atoms with Gasteiger partial charge in [-0.15, -0.1) is 0 Å². The van der Waals surface area contributed by atoms with Gasteiger partial charge in [-0.2, -0.15) is 4.31 Å². The van der Waals surface area contributed by atoms with Gasteiger partial charge in [0.1, 0.15) is 0 Å². The van der Waals surface area contributed by atoms with E-state index in [0.29, 0.717) is 18.5 Å². The first-order chi connectivity index (χ1) is 11.0. The Labute approximate surface area is 145 Å². The molecule has 1 fully saturated rings. The highest BCUT2D eigenvalue weighted by Crippen LogP contribution is 2.27. The highest BCUT2D eigenvalue weighted by Gasteiger charge is 2.39. The third-order valence-corrected chi connectivity index (χ3v) is 8.16. The number of hydrogen-bond donors (Lipinski definition) is 0. The minimum absolute atomic E-state index is 0.0540. The maximum Gasteiger partial charge on any atom is 0.243 e. The highest BCUT2D eigenvalue weighted by atomic mass is 32.2. The van der Waals surface area contributed by atoms with E-state index in [1.165, 1.54) is 4.31 Å². The fourth-order valence-electron chi connectivity index (χ4n) is 2.91. The van der Waals surface area contributed by atoms with Crippen molar-refractivity contribution < 1.29 is 16.8 Å². The van der Waals surface area contributed by atoms with Gasteiger partial charge < -0.3 is 4.90 Å². The molecule has 0 bridgehead atoms. The minimum atomic E-state index is -3.74. The topological polar surface area (TPSA) is 74.8 Å². The molecule has 6 nitrogen and oxygen atoms in total. The Balaban J connectivity index is 2.43. The van der Waals surface area contributed by atoms with Crippen molar-refractivity contribution in [1.29, 1.82) is 0 Å². The fourth-order valence-corrected chi connectivity index (χ4v) is 6.69. The summed E-state index contributed by atoms with van der Waals surface area (Å²) in [6, 6.07) is 4.84. The predicted octanol–water partition coefficient (Wildman–Crippen LogP) is 1.04. The molecular formula is C16H26N2O4S2. The summed E-state index contributed by atoms with van der Waals surface area (Å²) < 4.78 is 51.5. The van der Waals surface area contributed by atoms with Gasteiger partial charge in [-0.3, -0.25) is 0 Å². The van der Waals surface area contributed by atoms with E-state index in [-0.39, 0.29) is 22.9 Å². The summed E-state index contributed by atoms with van der Waals surface area (Å²) in [7, 11) is -3.16. The van der Waals surface area contributed by atoms with Crippen molar-refractivity contribution in [3.63, 3.8) is 0 Å². The predicted molar refractivity (Wildman–Crippen MR) is 95.4 cm³/mol. The minimum Gasteiger partial charge on any atom is -0.308 e. The van der Waals surface area contributed by atoms with Crippen molar-refractivity contribution in [2.45, 2.75) is 31.2 Å². The molecule has 0 aliphatic carbocycles. The van der Waals surface area contributed by atoms with Crippen LogP contribution in [0, 0.1) is 13.8 Å². The maximum absolute atomic E-state index is 13.2. The third-order valence-electron chi connectivity index (χ3n) is 4.31. The van der Waals surface area contributed by atoms with E-state index in [4.69, 9.17) is 0 Å². The Kier molecular flexibility index (Phi) is 5.74. The zero-order valence-electron chi connectivity index (χ0n) is 14.7. The average molecular weight is 375 g/mol. The van der Waals surface area contributed by atoms with Crippen LogP contribution >= 0.6 is 0 Å². The van der Waals surface area contributed by atoms with E-state index >= 15 is 0 Å². The van der Waals surface area contributed by atoms with E-state index in [9.17, 15) is 16.8 Å². The number of likely N-dealkylation sites (N-methyl/N-ethyl adjacent to an activating group) is 1. The van der Waals surface area contributed by atoms with Crippen LogP contribution in [-0.4, -0.2) is 70.8 Å². The normalized spacial score (nSPS) is 20.8. The van der Waals surface area contributed by atoms with E-state index in [1.54, 1.807) is 19.1 Å². The largest absolute Gasteiger partial charge is 0.308 e. The first-order valence-electron chi connectivity index (χ1n) is 7.97. The molecule has 1 heterocycles. The van der Waals surface area contributed by atoms with Gasteiger partial charge >= 0.3 is 0 Å². The maximum atomic E-state index is 13.2. The van der Waals surface area contributed by atoms with Crippen LogP contribution in [-0.2, 0) is 19.9 Å². The Hall–Kier alpha value is -0.960. The number of sulfonamides is 1. The molecular weight excluding hydrogens is 348 g/mol. The van der Waals surface area contributed by atoms with Crippen LogP contribution in [0.15, 0.2) is 23.1 Å². The summed E-state index contributed by atoms with van der Waals surface area (Å²) in [6.45, 7) is 4.44. The molecule has 1 aromatic rings. The number of hydrogen-bond acceptors (Lipinski definition) is 5. The quantitative estimate of drug-likeness (QED) is 0.744. The molecule has 24 heavy (non-hydrogen) atoms. The molecule has 1 aromatic carbocycles. The van der Waals surface area contributed by atoms with Crippen LogP contribution in [0.3, 0.4) is 0 Å². The molecule has 8 heteroatoms. The lowest BCUT2D eigenvalue weighted by molar-refractivity contribution is 0.293. The van der Waals surface area contributed by atoms with Gasteiger partial charge in [-0.25, -0.2) is 16.8 Å². The van der Waals surface area contributed by atoms with Crippen LogP contribution in [0.2, 0.25) is 0 Å². The molecule has 1 aliphatic rings. The molecule has 0 saturated carbocycles. The van der Waals surface area contributed by atoms with Gasteiger partial charge in [0.15, 0.2) is 9.84 Å². The summed E-state index contributed by atoms with van der Waals surface area (Å²) in [6.07, 6.45) is 0.361. The van der Waals surface area contributed by atoms with Crippen LogP contribution in [0.25, 0.3) is 0 Å². The highest BCUT2D eigenvalue weighted by molar-refractivity contribution is 7.92. The summed E-state index contributed by atoms with van der Waals surface area (Å²) in [5.41, 5.74) is 1.54. The summed E-state index contributed by atoms with van der Waals surface area (Å²) in [5, 5.41) is 0. The Morgan fingerprint density at radius 2 is 1.83 bits per heavy atom. The van der Waals surface area contributed by atoms with Gasteiger partial charge in [0, 0.05) is 19.1 Å². The van der Waals surface area contributed by atoms with Crippen molar-refractivity contribution in [3.05, 3.63) is 29.3 Å². The van der Waals surface area contributed by atoms with Gasteiger partial charge in [0.2, 0.25) is 10.0 Å². The zero-order valence-corrected chi connectivity index (χ0v) is 16.3. The Bertz CT molecular complexity index is 801. The molecule has 0 spiro atoms. The molecule has 1 saturated heterocycles. The van der Waals surface area contributed by atoms with Gasteiger partial charge in [-0.05, 0) is 51.6 Å². The van der Waals surface area contributed by atoms with E-state index in [2.05, 4.69) is 0 Å². The smallest absolute Gasteiger partial charge is 0.243 e. The van der Waals surface area contributed by atoms with Crippen molar-refractivity contribution in [2.75, 3.05) is 38.7 Å². The number of nitrogens with zero attached hydrogens (tertiary/aromatic N) is 2. The van der Waals surface area contributed by atoms with E-state index < -0.39 is 25.9 Å². The Morgan fingerprint density at radius 3 is 2.38 bits per heavy atom. The monoisotopic (exact) mass is 374 g/mol. The summed E-state index contributed by atoms with van der Waals surface area (Å²) >= 11 is 0. The Morgan fingerprint density at radius 1 is 1.17 bits per heavy atom. The van der Waals surface area contributed by atoms with Crippen molar-refractivity contribution in [1.82, 2.24) is 9.21 Å². The summed E-state index contributed by atoms with van der Waals surface area (Å²) in [4.78, 5) is 2.17. The average Bonchev–Trinajstić information content (AvgIpc) is 2.81. The number of benzene rings is 1. The second-order valence-corrected chi connectivity index (χ2v) is 10.8. The van der Waals surface area contributed by atoms with E-state index in [0.717, 1.165) is 5.56 Å². The molecule has 0 radical (unpaired) electrons. The van der Waals surface area contributed by atoms with Crippen molar-refractivity contribution in [2.24, 2.45) is 0 Å². The van der Waals surface area contributed by atoms with Crippen molar-refractivity contribution >= 4 is 19.9 Å². The van der Waals surface area contributed by atoms with Crippen LogP contribution < -0.4 is 0 Å². The molecule has 0 N–H and O–H groups in total. The number of sulfone groups is 1. The molecule has 2 rings (SSSR count). The fraction of sp³-hybridized carbons (Fsp3) is 0.625.